The SMILES string of the molecule is [CH2]CNN(CC)C(C)CC. The van der Waals surface area contributed by atoms with Crippen LogP contribution in [-0.2, 0) is 0 Å². The zero-order valence-corrected chi connectivity index (χ0v) is 7.35. The van der Waals surface area contributed by atoms with Crippen LogP contribution in [0.3, 0.4) is 0 Å². The number of hydrogen-bond donors (Lipinski definition) is 1. The van der Waals surface area contributed by atoms with E-state index in [1.54, 1.807) is 0 Å². The Morgan fingerprint density at radius 2 is 2.10 bits per heavy atom. The first-order valence-electron chi connectivity index (χ1n) is 4.05. The Labute approximate surface area is 64.6 Å². The third kappa shape index (κ3) is 3.18. The predicted octanol–water partition coefficient (Wildman–Crippen LogP) is 1.45. The molecule has 0 saturated carbocycles. The van der Waals surface area contributed by atoms with Crippen LogP contribution in [0.15, 0.2) is 0 Å². The molecule has 0 aliphatic rings. The van der Waals surface area contributed by atoms with E-state index in [-0.39, 0.29) is 0 Å². The molecule has 0 aromatic rings. The first-order chi connectivity index (χ1) is 4.76. The van der Waals surface area contributed by atoms with Crippen molar-refractivity contribution in [3.05, 3.63) is 6.92 Å². The first kappa shape index (κ1) is 9.92. The second-order valence-electron chi connectivity index (χ2n) is 2.45. The lowest BCUT2D eigenvalue weighted by Gasteiger charge is -2.26. The van der Waals surface area contributed by atoms with Crippen molar-refractivity contribution in [2.45, 2.75) is 33.2 Å². The van der Waals surface area contributed by atoms with E-state index in [1.165, 1.54) is 6.42 Å². The van der Waals surface area contributed by atoms with E-state index in [9.17, 15) is 0 Å². The average molecular weight is 143 g/mol. The summed E-state index contributed by atoms with van der Waals surface area (Å²) < 4.78 is 0. The van der Waals surface area contributed by atoms with Crippen molar-refractivity contribution in [3.8, 4) is 0 Å². The zero-order chi connectivity index (χ0) is 7.98. The Hall–Kier alpha value is -0.0800. The van der Waals surface area contributed by atoms with Gasteiger partial charge in [0.25, 0.3) is 0 Å². The van der Waals surface area contributed by atoms with Gasteiger partial charge in [0.15, 0.2) is 0 Å². The molecule has 0 bridgehead atoms. The van der Waals surface area contributed by atoms with Gasteiger partial charge in [-0.1, -0.05) is 13.8 Å². The van der Waals surface area contributed by atoms with Gasteiger partial charge in [-0.15, -0.1) is 0 Å². The van der Waals surface area contributed by atoms with Gasteiger partial charge in [-0.2, -0.15) is 0 Å². The maximum Gasteiger partial charge on any atom is 0.0212 e. The largest absolute Gasteiger partial charge is 0.255 e. The van der Waals surface area contributed by atoms with Crippen LogP contribution in [0.5, 0.6) is 0 Å². The van der Waals surface area contributed by atoms with E-state index >= 15 is 0 Å². The van der Waals surface area contributed by atoms with Crippen molar-refractivity contribution in [1.82, 2.24) is 10.4 Å². The van der Waals surface area contributed by atoms with Gasteiger partial charge in [0.2, 0.25) is 0 Å². The summed E-state index contributed by atoms with van der Waals surface area (Å²) in [6.45, 7) is 12.1. The quantitative estimate of drug-likeness (QED) is 0.586. The van der Waals surface area contributed by atoms with Gasteiger partial charge in [-0.25, -0.2) is 5.01 Å². The molecule has 0 aromatic carbocycles. The molecule has 0 spiro atoms. The Balaban J connectivity index is 3.56. The molecule has 10 heavy (non-hydrogen) atoms. The van der Waals surface area contributed by atoms with Crippen molar-refractivity contribution in [1.29, 1.82) is 0 Å². The molecular formula is C8H19N2. The summed E-state index contributed by atoms with van der Waals surface area (Å²) in [4.78, 5) is 0. The van der Waals surface area contributed by atoms with E-state index < -0.39 is 0 Å². The van der Waals surface area contributed by atoms with Gasteiger partial charge in [0.05, 0.1) is 0 Å². The van der Waals surface area contributed by atoms with Crippen LogP contribution >= 0.6 is 0 Å². The van der Waals surface area contributed by atoms with Crippen LogP contribution in [0.25, 0.3) is 0 Å². The first-order valence-corrected chi connectivity index (χ1v) is 4.05. The lowest BCUT2D eigenvalue weighted by atomic mass is 10.2. The van der Waals surface area contributed by atoms with E-state index in [0.717, 1.165) is 13.1 Å². The van der Waals surface area contributed by atoms with Crippen molar-refractivity contribution in [3.63, 3.8) is 0 Å². The zero-order valence-electron chi connectivity index (χ0n) is 7.35. The molecule has 1 radical (unpaired) electrons. The number of nitrogens with one attached hydrogen (secondary N) is 1. The normalized spacial score (nSPS) is 14.1. The highest BCUT2D eigenvalue weighted by Gasteiger charge is 2.06. The molecule has 0 aromatic heterocycles. The van der Waals surface area contributed by atoms with Gasteiger partial charge in [-0.3, -0.25) is 5.43 Å². The van der Waals surface area contributed by atoms with Crippen molar-refractivity contribution in [2.75, 3.05) is 13.1 Å². The molecule has 0 rings (SSSR count). The third-order valence-corrected chi connectivity index (χ3v) is 1.78. The van der Waals surface area contributed by atoms with Gasteiger partial charge in [0.1, 0.15) is 0 Å². The molecule has 2 heteroatoms. The smallest absolute Gasteiger partial charge is 0.0212 e. The van der Waals surface area contributed by atoms with Crippen molar-refractivity contribution < 1.29 is 0 Å². The highest BCUT2D eigenvalue weighted by molar-refractivity contribution is 4.59. The third-order valence-electron chi connectivity index (χ3n) is 1.78. The minimum atomic E-state index is 0.617. The second kappa shape index (κ2) is 5.69. The molecule has 0 amide bonds. The highest BCUT2D eigenvalue weighted by Crippen LogP contribution is 1.97. The summed E-state index contributed by atoms with van der Waals surface area (Å²) in [7, 11) is 0. The summed E-state index contributed by atoms with van der Waals surface area (Å²) in [6, 6.07) is 0.617. The minimum Gasteiger partial charge on any atom is -0.255 e. The average Bonchev–Trinajstić information content (AvgIpc) is 1.99. The van der Waals surface area contributed by atoms with Gasteiger partial charge >= 0.3 is 0 Å². The molecular weight excluding hydrogens is 124 g/mol. The molecule has 2 nitrogen and oxygen atoms in total. The number of hydrazine groups is 1. The maximum absolute atomic E-state index is 3.74. The molecule has 0 saturated heterocycles. The summed E-state index contributed by atoms with van der Waals surface area (Å²) in [5.41, 5.74) is 3.21. The predicted molar refractivity (Wildman–Crippen MR) is 45.5 cm³/mol. The number of hydrogen-bond acceptors (Lipinski definition) is 2. The topological polar surface area (TPSA) is 15.3 Å². The highest BCUT2D eigenvalue weighted by atomic mass is 15.5. The Kier molecular flexibility index (Phi) is 5.64. The molecule has 1 N–H and O–H groups in total. The fourth-order valence-corrected chi connectivity index (χ4v) is 0.943. The minimum absolute atomic E-state index is 0.617. The van der Waals surface area contributed by atoms with Crippen molar-refractivity contribution in [2.24, 2.45) is 0 Å². The molecule has 1 unspecified atom stereocenters. The fourth-order valence-electron chi connectivity index (χ4n) is 0.943. The summed E-state index contributed by atoms with van der Waals surface area (Å²) in [5, 5.41) is 2.22. The van der Waals surface area contributed by atoms with E-state index in [4.69, 9.17) is 0 Å². The van der Waals surface area contributed by atoms with Crippen LogP contribution in [0.4, 0.5) is 0 Å². The summed E-state index contributed by atoms with van der Waals surface area (Å²) in [6.07, 6.45) is 1.18. The number of nitrogens with zero attached hydrogens (tertiary/aromatic N) is 1. The monoisotopic (exact) mass is 143 g/mol. The van der Waals surface area contributed by atoms with E-state index in [0.29, 0.717) is 6.04 Å². The Morgan fingerprint density at radius 1 is 1.50 bits per heavy atom. The number of rotatable bonds is 5. The molecule has 0 aliphatic heterocycles. The summed E-state index contributed by atoms with van der Waals surface area (Å²) in [5.74, 6) is 0. The molecule has 0 fully saturated rings. The van der Waals surface area contributed by atoms with E-state index in [2.05, 4.69) is 38.1 Å². The molecule has 0 heterocycles. The van der Waals surface area contributed by atoms with Crippen molar-refractivity contribution >= 4 is 0 Å². The summed E-state index contributed by atoms with van der Waals surface area (Å²) >= 11 is 0. The van der Waals surface area contributed by atoms with Crippen LogP contribution in [0.1, 0.15) is 27.2 Å². The standard InChI is InChI=1S/C8H19N2/c1-5-8(4)10(7-3)9-6-2/h8-9H,2,5-7H2,1,3-4H3. The lowest BCUT2D eigenvalue weighted by molar-refractivity contribution is 0.146. The maximum atomic E-state index is 3.74. The van der Waals surface area contributed by atoms with Gasteiger partial charge in [-0.05, 0) is 20.3 Å². The lowest BCUT2D eigenvalue weighted by Crippen LogP contribution is -2.43. The molecule has 61 valence electrons. The fraction of sp³-hybridized carbons (Fsp3) is 0.875. The van der Waals surface area contributed by atoms with Gasteiger partial charge in [0, 0.05) is 19.1 Å². The second-order valence-corrected chi connectivity index (χ2v) is 2.45. The Morgan fingerprint density at radius 3 is 2.40 bits per heavy atom. The van der Waals surface area contributed by atoms with Crippen LogP contribution in [-0.4, -0.2) is 24.1 Å². The Bertz CT molecular complexity index is 73.7. The molecule has 0 aliphatic carbocycles. The van der Waals surface area contributed by atoms with E-state index in [1.807, 2.05) is 0 Å². The van der Waals surface area contributed by atoms with Crippen LogP contribution in [0, 0.1) is 6.92 Å². The van der Waals surface area contributed by atoms with Gasteiger partial charge < -0.3 is 0 Å². The molecule has 1 atom stereocenters. The van der Waals surface area contributed by atoms with Crippen LogP contribution < -0.4 is 5.43 Å². The van der Waals surface area contributed by atoms with Crippen LogP contribution in [0.2, 0.25) is 0 Å².